The highest BCUT2D eigenvalue weighted by molar-refractivity contribution is 5.75. The number of carbonyl (C=O) groups excluding carboxylic acids is 1. The van der Waals surface area contributed by atoms with Gasteiger partial charge in [0.05, 0.1) is 0 Å². The standard InChI is InChI=1S/C10H17N3O/c1-3-12-6-9-4-5-13(7-9)8-10(14)11-2/h4-5,7,12H,3,6,8H2,1-2H3,(H,11,14). The molecule has 1 aromatic rings. The van der Waals surface area contributed by atoms with Crippen LogP contribution in [0.15, 0.2) is 18.5 Å². The second kappa shape index (κ2) is 5.44. The molecule has 1 amide bonds. The summed E-state index contributed by atoms with van der Waals surface area (Å²) in [7, 11) is 1.64. The number of hydrogen-bond acceptors (Lipinski definition) is 2. The van der Waals surface area contributed by atoms with Gasteiger partial charge in [-0.3, -0.25) is 4.79 Å². The Kier molecular flexibility index (Phi) is 4.19. The monoisotopic (exact) mass is 195 g/mol. The zero-order chi connectivity index (χ0) is 10.4. The summed E-state index contributed by atoms with van der Waals surface area (Å²) < 4.78 is 1.88. The Labute approximate surface area is 84.3 Å². The normalized spacial score (nSPS) is 10.1. The van der Waals surface area contributed by atoms with Gasteiger partial charge in [-0.25, -0.2) is 0 Å². The first-order valence-corrected chi connectivity index (χ1v) is 4.82. The van der Waals surface area contributed by atoms with Crippen molar-refractivity contribution in [3.63, 3.8) is 0 Å². The lowest BCUT2D eigenvalue weighted by Gasteiger charge is -2.01. The third kappa shape index (κ3) is 3.22. The van der Waals surface area contributed by atoms with Crippen LogP contribution < -0.4 is 10.6 Å². The minimum absolute atomic E-state index is 0.0237. The molecule has 14 heavy (non-hydrogen) atoms. The Morgan fingerprint density at radius 3 is 3.00 bits per heavy atom. The summed E-state index contributed by atoms with van der Waals surface area (Å²) in [6.07, 6.45) is 3.90. The zero-order valence-electron chi connectivity index (χ0n) is 8.71. The van der Waals surface area contributed by atoms with Gasteiger partial charge in [0.2, 0.25) is 5.91 Å². The first-order chi connectivity index (χ1) is 6.76. The molecule has 0 aliphatic rings. The number of amides is 1. The van der Waals surface area contributed by atoms with Crippen molar-refractivity contribution >= 4 is 5.91 Å². The molecule has 0 aliphatic heterocycles. The quantitative estimate of drug-likeness (QED) is 0.712. The molecule has 78 valence electrons. The van der Waals surface area contributed by atoms with Crippen molar-refractivity contribution in [3.05, 3.63) is 24.0 Å². The number of aromatic nitrogens is 1. The first-order valence-electron chi connectivity index (χ1n) is 4.82. The van der Waals surface area contributed by atoms with Gasteiger partial charge in [-0.2, -0.15) is 0 Å². The molecule has 0 unspecified atom stereocenters. The Morgan fingerprint density at radius 1 is 1.57 bits per heavy atom. The topological polar surface area (TPSA) is 46.1 Å². The molecule has 0 atom stereocenters. The molecule has 0 bridgehead atoms. The van der Waals surface area contributed by atoms with Crippen molar-refractivity contribution in [2.45, 2.75) is 20.0 Å². The Bertz CT molecular complexity index is 293. The van der Waals surface area contributed by atoms with E-state index in [-0.39, 0.29) is 5.91 Å². The van der Waals surface area contributed by atoms with Gasteiger partial charge < -0.3 is 15.2 Å². The van der Waals surface area contributed by atoms with Crippen LogP contribution in [0.2, 0.25) is 0 Å². The molecule has 1 rings (SSSR count). The summed E-state index contributed by atoms with van der Waals surface area (Å²) in [4.78, 5) is 11.1. The molecule has 4 heteroatoms. The maximum atomic E-state index is 11.1. The summed E-state index contributed by atoms with van der Waals surface area (Å²) in [5, 5.41) is 5.82. The highest BCUT2D eigenvalue weighted by Crippen LogP contribution is 2.00. The van der Waals surface area contributed by atoms with E-state index in [1.807, 2.05) is 23.0 Å². The lowest BCUT2D eigenvalue weighted by atomic mass is 10.3. The highest BCUT2D eigenvalue weighted by atomic mass is 16.1. The van der Waals surface area contributed by atoms with Gasteiger partial charge >= 0.3 is 0 Å². The minimum atomic E-state index is 0.0237. The maximum absolute atomic E-state index is 11.1. The smallest absolute Gasteiger partial charge is 0.239 e. The number of carbonyl (C=O) groups is 1. The van der Waals surface area contributed by atoms with Crippen LogP contribution in [0.3, 0.4) is 0 Å². The molecule has 0 saturated carbocycles. The van der Waals surface area contributed by atoms with Crippen LogP contribution >= 0.6 is 0 Å². The predicted molar refractivity (Wildman–Crippen MR) is 55.9 cm³/mol. The fourth-order valence-electron chi connectivity index (χ4n) is 1.21. The Morgan fingerprint density at radius 2 is 2.36 bits per heavy atom. The fourth-order valence-corrected chi connectivity index (χ4v) is 1.21. The number of nitrogens with one attached hydrogen (secondary N) is 2. The molecule has 1 aromatic heterocycles. The molecular formula is C10H17N3O. The molecule has 0 aliphatic carbocycles. The number of likely N-dealkylation sites (N-methyl/N-ethyl adjacent to an activating group) is 1. The molecular weight excluding hydrogens is 178 g/mol. The highest BCUT2D eigenvalue weighted by Gasteiger charge is 2.00. The lowest BCUT2D eigenvalue weighted by molar-refractivity contribution is -0.121. The summed E-state index contributed by atoms with van der Waals surface area (Å²) in [6.45, 7) is 4.28. The molecule has 0 spiro atoms. The van der Waals surface area contributed by atoms with E-state index < -0.39 is 0 Å². The van der Waals surface area contributed by atoms with Crippen molar-refractivity contribution in [1.29, 1.82) is 0 Å². The first kappa shape index (κ1) is 10.8. The van der Waals surface area contributed by atoms with Crippen molar-refractivity contribution < 1.29 is 4.79 Å². The Hall–Kier alpha value is -1.29. The van der Waals surface area contributed by atoms with E-state index in [4.69, 9.17) is 0 Å². The van der Waals surface area contributed by atoms with Gasteiger partial charge in [0.1, 0.15) is 6.54 Å². The molecule has 0 aromatic carbocycles. The van der Waals surface area contributed by atoms with E-state index in [1.54, 1.807) is 7.05 Å². The van der Waals surface area contributed by atoms with Gasteiger partial charge in [-0.15, -0.1) is 0 Å². The van der Waals surface area contributed by atoms with Crippen molar-refractivity contribution in [1.82, 2.24) is 15.2 Å². The van der Waals surface area contributed by atoms with E-state index in [2.05, 4.69) is 17.6 Å². The van der Waals surface area contributed by atoms with Crippen LogP contribution in [-0.2, 0) is 17.9 Å². The minimum Gasteiger partial charge on any atom is -0.358 e. The summed E-state index contributed by atoms with van der Waals surface area (Å²) in [5.41, 5.74) is 1.20. The molecule has 1 heterocycles. The molecule has 0 saturated heterocycles. The average Bonchev–Trinajstić information content (AvgIpc) is 2.62. The number of nitrogens with zero attached hydrogens (tertiary/aromatic N) is 1. The van der Waals surface area contributed by atoms with Crippen molar-refractivity contribution in [2.24, 2.45) is 0 Å². The second-order valence-corrected chi connectivity index (χ2v) is 3.15. The summed E-state index contributed by atoms with van der Waals surface area (Å²) in [5.74, 6) is 0.0237. The van der Waals surface area contributed by atoms with Gasteiger partial charge in [0, 0.05) is 26.0 Å². The summed E-state index contributed by atoms with van der Waals surface area (Å²) in [6, 6.07) is 2.02. The van der Waals surface area contributed by atoms with E-state index in [0.717, 1.165) is 13.1 Å². The SMILES string of the molecule is CCNCc1ccn(CC(=O)NC)c1. The molecule has 4 nitrogen and oxygen atoms in total. The van der Waals surface area contributed by atoms with E-state index in [9.17, 15) is 4.79 Å². The third-order valence-electron chi connectivity index (χ3n) is 2.00. The largest absolute Gasteiger partial charge is 0.358 e. The third-order valence-corrected chi connectivity index (χ3v) is 2.00. The van der Waals surface area contributed by atoms with Crippen LogP contribution in [-0.4, -0.2) is 24.1 Å². The van der Waals surface area contributed by atoms with E-state index in [1.165, 1.54) is 5.56 Å². The van der Waals surface area contributed by atoms with Crippen LogP contribution in [0.25, 0.3) is 0 Å². The number of rotatable bonds is 5. The zero-order valence-corrected chi connectivity index (χ0v) is 8.71. The fraction of sp³-hybridized carbons (Fsp3) is 0.500. The summed E-state index contributed by atoms with van der Waals surface area (Å²) >= 11 is 0. The van der Waals surface area contributed by atoms with Gasteiger partial charge in [-0.1, -0.05) is 6.92 Å². The van der Waals surface area contributed by atoms with Crippen molar-refractivity contribution in [3.8, 4) is 0 Å². The Balaban J connectivity index is 2.46. The average molecular weight is 195 g/mol. The molecule has 2 N–H and O–H groups in total. The second-order valence-electron chi connectivity index (χ2n) is 3.15. The molecule has 0 fully saturated rings. The molecule has 0 radical (unpaired) electrons. The van der Waals surface area contributed by atoms with Gasteiger partial charge in [-0.05, 0) is 18.2 Å². The maximum Gasteiger partial charge on any atom is 0.239 e. The lowest BCUT2D eigenvalue weighted by Crippen LogP contribution is -2.22. The number of hydrogen-bond donors (Lipinski definition) is 2. The van der Waals surface area contributed by atoms with Crippen LogP contribution in [0.5, 0.6) is 0 Å². The van der Waals surface area contributed by atoms with Crippen LogP contribution in [0.1, 0.15) is 12.5 Å². The van der Waals surface area contributed by atoms with E-state index in [0.29, 0.717) is 6.54 Å². The van der Waals surface area contributed by atoms with Crippen molar-refractivity contribution in [2.75, 3.05) is 13.6 Å². The van der Waals surface area contributed by atoms with Gasteiger partial charge in [0.25, 0.3) is 0 Å². The van der Waals surface area contributed by atoms with E-state index >= 15 is 0 Å². The van der Waals surface area contributed by atoms with Gasteiger partial charge in [0.15, 0.2) is 0 Å². The van der Waals surface area contributed by atoms with Crippen LogP contribution in [0, 0.1) is 0 Å². The van der Waals surface area contributed by atoms with Crippen LogP contribution in [0.4, 0.5) is 0 Å². The predicted octanol–water partition coefficient (Wildman–Crippen LogP) is 0.344.